The van der Waals surface area contributed by atoms with E-state index in [0.717, 1.165) is 11.9 Å². The SMILES string of the molecule is CCc1nc(C2CN(c3cc(C(F)(F)F)nc(-c4ccncc4)n3)CCO2)n[nH]1. The number of morpholine rings is 1. The quantitative estimate of drug-likeness (QED) is 0.713. The first kappa shape index (κ1) is 19.2. The van der Waals surface area contributed by atoms with Gasteiger partial charge in [-0.2, -0.15) is 18.3 Å². The van der Waals surface area contributed by atoms with Crippen molar-refractivity contribution in [3.63, 3.8) is 0 Å². The first-order valence-corrected chi connectivity index (χ1v) is 9.08. The Bertz CT molecular complexity index is 977. The maximum Gasteiger partial charge on any atom is 0.433 e. The molecule has 1 N–H and O–H groups in total. The van der Waals surface area contributed by atoms with E-state index < -0.39 is 18.0 Å². The lowest BCUT2D eigenvalue weighted by atomic mass is 10.2. The third-order valence-corrected chi connectivity index (χ3v) is 4.50. The lowest BCUT2D eigenvalue weighted by molar-refractivity contribution is -0.141. The predicted octanol–water partition coefficient (Wildman–Crippen LogP) is 2.82. The van der Waals surface area contributed by atoms with Crippen molar-refractivity contribution in [1.82, 2.24) is 30.1 Å². The fraction of sp³-hybridized carbons (Fsp3) is 0.389. The normalized spacial score (nSPS) is 17.5. The number of pyridine rings is 1. The number of aromatic amines is 1. The molecule has 1 atom stereocenters. The van der Waals surface area contributed by atoms with Gasteiger partial charge in [0.1, 0.15) is 17.7 Å². The topological polar surface area (TPSA) is 92.7 Å². The summed E-state index contributed by atoms with van der Waals surface area (Å²) in [6.45, 7) is 2.94. The van der Waals surface area contributed by atoms with Gasteiger partial charge in [-0.3, -0.25) is 10.1 Å². The molecule has 1 saturated heterocycles. The third kappa shape index (κ3) is 4.19. The number of ether oxygens (including phenoxy) is 1. The molecule has 152 valence electrons. The minimum atomic E-state index is -4.59. The van der Waals surface area contributed by atoms with Gasteiger partial charge in [-0.05, 0) is 12.1 Å². The van der Waals surface area contributed by atoms with Crippen LogP contribution in [-0.2, 0) is 17.3 Å². The van der Waals surface area contributed by atoms with E-state index in [2.05, 4.69) is 30.1 Å². The molecule has 3 aromatic rings. The highest BCUT2D eigenvalue weighted by Crippen LogP contribution is 2.32. The van der Waals surface area contributed by atoms with Crippen LogP contribution in [0.5, 0.6) is 0 Å². The number of hydrogen-bond acceptors (Lipinski definition) is 7. The molecular weight excluding hydrogens is 387 g/mol. The van der Waals surface area contributed by atoms with E-state index >= 15 is 0 Å². The van der Waals surface area contributed by atoms with Crippen LogP contribution in [-0.4, -0.2) is 49.8 Å². The molecule has 0 aliphatic carbocycles. The molecule has 1 aliphatic rings. The van der Waals surface area contributed by atoms with Crippen LogP contribution in [0.2, 0.25) is 0 Å². The number of alkyl halides is 3. The van der Waals surface area contributed by atoms with Crippen LogP contribution in [0.3, 0.4) is 0 Å². The zero-order valence-corrected chi connectivity index (χ0v) is 15.5. The Morgan fingerprint density at radius 1 is 1.21 bits per heavy atom. The summed E-state index contributed by atoms with van der Waals surface area (Å²) < 4.78 is 46.1. The minimum absolute atomic E-state index is 0.00793. The Kier molecular flexibility index (Phi) is 5.14. The number of aromatic nitrogens is 6. The summed E-state index contributed by atoms with van der Waals surface area (Å²) in [5.41, 5.74) is -0.540. The molecule has 4 heterocycles. The van der Waals surface area contributed by atoms with Crippen LogP contribution < -0.4 is 4.90 Å². The number of rotatable bonds is 4. The predicted molar refractivity (Wildman–Crippen MR) is 96.9 cm³/mol. The van der Waals surface area contributed by atoms with E-state index in [-0.39, 0.29) is 18.2 Å². The number of anilines is 1. The zero-order chi connectivity index (χ0) is 20.4. The molecular formula is C18H18F3N7O. The molecule has 4 rings (SSSR count). The molecule has 0 bridgehead atoms. The lowest BCUT2D eigenvalue weighted by Gasteiger charge is -2.32. The molecule has 1 fully saturated rings. The molecule has 0 radical (unpaired) electrons. The van der Waals surface area contributed by atoms with Crippen LogP contribution >= 0.6 is 0 Å². The first-order valence-electron chi connectivity index (χ1n) is 9.08. The summed E-state index contributed by atoms with van der Waals surface area (Å²) >= 11 is 0. The van der Waals surface area contributed by atoms with Gasteiger partial charge in [0.05, 0.1) is 13.2 Å². The van der Waals surface area contributed by atoms with Crippen molar-refractivity contribution >= 4 is 5.82 Å². The highest BCUT2D eigenvalue weighted by molar-refractivity contribution is 5.57. The zero-order valence-electron chi connectivity index (χ0n) is 15.5. The van der Waals surface area contributed by atoms with Gasteiger partial charge in [0, 0.05) is 37.0 Å². The summed E-state index contributed by atoms with van der Waals surface area (Å²) in [6, 6.07) is 4.10. The van der Waals surface area contributed by atoms with E-state index in [1.165, 1.54) is 12.4 Å². The van der Waals surface area contributed by atoms with E-state index in [1.54, 1.807) is 17.0 Å². The summed E-state index contributed by atoms with van der Waals surface area (Å²) in [6.07, 6.45) is -1.39. The Morgan fingerprint density at radius 3 is 2.69 bits per heavy atom. The second-order valence-electron chi connectivity index (χ2n) is 6.47. The van der Waals surface area contributed by atoms with Gasteiger partial charge in [0.25, 0.3) is 0 Å². The molecule has 29 heavy (non-hydrogen) atoms. The number of hydrogen-bond donors (Lipinski definition) is 1. The number of aryl methyl sites for hydroxylation is 1. The van der Waals surface area contributed by atoms with Crippen molar-refractivity contribution < 1.29 is 17.9 Å². The minimum Gasteiger partial charge on any atom is -0.366 e. The molecule has 11 heteroatoms. The molecule has 8 nitrogen and oxygen atoms in total. The van der Waals surface area contributed by atoms with Crippen LogP contribution in [0.1, 0.15) is 30.4 Å². The standard InChI is InChI=1S/C18H18F3N7O/c1-2-14-24-17(27-26-14)12-10-28(7-8-29-12)15-9-13(18(19,20)21)23-16(25-15)11-3-5-22-6-4-11/h3-6,9,12H,2,7-8,10H2,1H3,(H,24,26,27). The summed E-state index contributed by atoms with van der Waals surface area (Å²) in [5, 5.41) is 6.98. The van der Waals surface area contributed by atoms with Gasteiger partial charge >= 0.3 is 6.18 Å². The fourth-order valence-electron chi connectivity index (χ4n) is 3.00. The molecule has 0 saturated carbocycles. The maximum absolute atomic E-state index is 13.4. The van der Waals surface area contributed by atoms with Gasteiger partial charge in [-0.25, -0.2) is 15.0 Å². The number of nitrogens with zero attached hydrogens (tertiary/aromatic N) is 6. The Balaban J connectivity index is 1.67. The second-order valence-corrected chi connectivity index (χ2v) is 6.47. The molecule has 0 aromatic carbocycles. The van der Waals surface area contributed by atoms with E-state index in [4.69, 9.17) is 4.74 Å². The average molecular weight is 405 g/mol. The Hall–Kier alpha value is -3.08. The van der Waals surface area contributed by atoms with Crippen molar-refractivity contribution in [2.24, 2.45) is 0 Å². The summed E-state index contributed by atoms with van der Waals surface area (Å²) in [4.78, 5) is 18.1. The van der Waals surface area contributed by atoms with Crippen LogP contribution in [0.4, 0.5) is 19.0 Å². The molecule has 1 aliphatic heterocycles. The highest BCUT2D eigenvalue weighted by Gasteiger charge is 2.35. The number of H-pyrrole nitrogens is 1. The van der Waals surface area contributed by atoms with Gasteiger partial charge in [0.2, 0.25) is 0 Å². The molecule has 1 unspecified atom stereocenters. The second kappa shape index (κ2) is 7.74. The highest BCUT2D eigenvalue weighted by atomic mass is 19.4. The third-order valence-electron chi connectivity index (χ3n) is 4.50. The molecule has 3 aromatic heterocycles. The maximum atomic E-state index is 13.4. The van der Waals surface area contributed by atoms with Crippen molar-refractivity contribution in [3.05, 3.63) is 47.9 Å². The Labute approximate surface area is 164 Å². The van der Waals surface area contributed by atoms with Gasteiger partial charge < -0.3 is 9.64 Å². The van der Waals surface area contributed by atoms with Crippen molar-refractivity contribution in [3.8, 4) is 11.4 Å². The molecule has 0 amide bonds. The molecule has 0 spiro atoms. The fourth-order valence-corrected chi connectivity index (χ4v) is 3.00. The lowest BCUT2D eigenvalue weighted by Crippen LogP contribution is -2.39. The van der Waals surface area contributed by atoms with Gasteiger partial charge in [-0.1, -0.05) is 6.92 Å². The van der Waals surface area contributed by atoms with Crippen molar-refractivity contribution in [2.45, 2.75) is 25.6 Å². The van der Waals surface area contributed by atoms with Crippen LogP contribution in [0.15, 0.2) is 30.6 Å². The summed E-state index contributed by atoms with van der Waals surface area (Å²) in [7, 11) is 0. The van der Waals surface area contributed by atoms with Gasteiger partial charge in [0.15, 0.2) is 17.3 Å². The van der Waals surface area contributed by atoms with E-state index in [9.17, 15) is 13.2 Å². The van der Waals surface area contributed by atoms with Crippen molar-refractivity contribution in [1.29, 1.82) is 0 Å². The first-order chi connectivity index (χ1) is 13.9. The number of nitrogens with one attached hydrogen (secondary N) is 1. The van der Waals surface area contributed by atoms with E-state index in [0.29, 0.717) is 31.0 Å². The van der Waals surface area contributed by atoms with Gasteiger partial charge in [-0.15, -0.1) is 0 Å². The smallest absolute Gasteiger partial charge is 0.366 e. The summed E-state index contributed by atoms with van der Waals surface area (Å²) in [5.74, 6) is 1.37. The van der Waals surface area contributed by atoms with Crippen LogP contribution in [0.25, 0.3) is 11.4 Å². The number of halogens is 3. The van der Waals surface area contributed by atoms with Crippen LogP contribution in [0, 0.1) is 0 Å². The van der Waals surface area contributed by atoms with Crippen molar-refractivity contribution in [2.75, 3.05) is 24.6 Å². The average Bonchev–Trinajstić information content (AvgIpc) is 3.23. The Morgan fingerprint density at radius 2 is 2.00 bits per heavy atom. The monoisotopic (exact) mass is 405 g/mol. The van der Waals surface area contributed by atoms with E-state index in [1.807, 2.05) is 6.92 Å². The largest absolute Gasteiger partial charge is 0.433 e.